The number of methoxy groups -OCH3 is 1. The van der Waals surface area contributed by atoms with E-state index in [2.05, 4.69) is 31.3 Å². The van der Waals surface area contributed by atoms with E-state index >= 15 is 0 Å². The van der Waals surface area contributed by atoms with E-state index < -0.39 is 17.8 Å². The molecule has 4 amide bonds. The molecule has 3 aromatic carbocycles. The van der Waals surface area contributed by atoms with Crippen LogP contribution in [0, 0.1) is 6.92 Å². The van der Waals surface area contributed by atoms with Gasteiger partial charge in [0.15, 0.2) is 11.5 Å². The van der Waals surface area contributed by atoms with E-state index in [0.29, 0.717) is 28.7 Å². The lowest BCUT2D eigenvalue weighted by Gasteiger charge is -2.26. The second-order valence-electron chi connectivity index (χ2n) is 9.41. The van der Waals surface area contributed by atoms with Gasteiger partial charge in [-0.15, -0.1) is 0 Å². The number of barbiturate groups is 1. The fraction of sp³-hybridized carbons (Fsp3) is 0.258. The van der Waals surface area contributed by atoms with Gasteiger partial charge in [-0.25, -0.2) is 9.69 Å². The normalized spacial score (nSPS) is 15.2. The SMILES string of the molecule is CC[C@H](C)c1ccc(OCCOc2c(Cl)cc(/C=C3/C(=O)NC(=O)N(c4cccc(C)c4)C3=O)cc2OC)cc1. The molecule has 208 valence electrons. The predicted molar refractivity (Wildman–Crippen MR) is 154 cm³/mol. The molecule has 0 bridgehead atoms. The number of imide groups is 2. The number of nitrogens with zero attached hydrogens (tertiary/aromatic N) is 1. The Hall–Kier alpha value is -4.30. The van der Waals surface area contributed by atoms with Crippen LogP contribution in [-0.4, -0.2) is 38.2 Å². The first-order valence-electron chi connectivity index (χ1n) is 12.9. The molecule has 4 rings (SSSR count). The molecule has 1 atom stereocenters. The minimum absolute atomic E-state index is 0.206. The zero-order valence-corrected chi connectivity index (χ0v) is 23.6. The van der Waals surface area contributed by atoms with Gasteiger partial charge in [-0.3, -0.25) is 14.9 Å². The van der Waals surface area contributed by atoms with Crippen LogP contribution in [0.5, 0.6) is 17.2 Å². The highest BCUT2D eigenvalue weighted by molar-refractivity contribution is 6.39. The van der Waals surface area contributed by atoms with Crippen LogP contribution in [0.25, 0.3) is 6.08 Å². The minimum Gasteiger partial charge on any atom is -0.493 e. The summed E-state index contributed by atoms with van der Waals surface area (Å²) in [7, 11) is 1.46. The average molecular weight is 563 g/mol. The van der Waals surface area contributed by atoms with E-state index in [9.17, 15) is 14.4 Å². The summed E-state index contributed by atoms with van der Waals surface area (Å²) < 4.78 is 17.1. The molecule has 8 nitrogen and oxygen atoms in total. The van der Waals surface area contributed by atoms with Crippen molar-refractivity contribution in [1.29, 1.82) is 0 Å². The van der Waals surface area contributed by atoms with E-state index in [-0.39, 0.29) is 23.8 Å². The van der Waals surface area contributed by atoms with Gasteiger partial charge in [-0.05, 0) is 78.4 Å². The molecular formula is C31H31ClN2O6. The Morgan fingerprint density at radius 1 is 1.00 bits per heavy atom. The monoisotopic (exact) mass is 562 g/mol. The summed E-state index contributed by atoms with van der Waals surface area (Å²) >= 11 is 6.50. The number of ether oxygens (including phenoxy) is 3. The molecule has 1 heterocycles. The summed E-state index contributed by atoms with van der Waals surface area (Å²) in [5.74, 6) is 0.299. The number of hydrogen-bond donors (Lipinski definition) is 1. The van der Waals surface area contributed by atoms with Gasteiger partial charge in [0.25, 0.3) is 11.8 Å². The van der Waals surface area contributed by atoms with Gasteiger partial charge in [0.05, 0.1) is 17.8 Å². The third-order valence-corrected chi connectivity index (χ3v) is 6.87. The highest BCUT2D eigenvalue weighted by Gasteiger charge is 2.37. The van der Waals surface area contributed by atoms with E-state index in [0.717, 1.165) is 22.6 Å². The Labute approximate surface area is 238 Å². The van der Waals surface area contributed by atoms with Gasteiger partial charge in [0, 0.05) is 0 Å². The molecule has 1 aliphatic rings. The van der Waals surface area contributed by atoms with Gasteiger partial charge in [-0.1, -0.05) is 49.7 Å². The quantitative estimate of drug-likeness (QED) is 0.177. The van der Waals surface area contributed by atoms with Crippen molar-refractivity contribution in [3.05, 3.63) is 87.9 Å². The smallest absolute Gasteiger partial charge is 0.335 e. The minimum atomic E-state index is -0.814. The van der Waals surface area contributed by atoms with Crippen molar-refractivity contribution in [2.45, 2.75) is 33.1 Å². The average Bonchev–Trinajstić information content (AvgIpc) is 2.93. The maximum absolute atomic E-state index is 13.2. The zero-order valence-electron chi connectivity index (χ0n) is 22.8. The van der Waals surface area contributed by atoms with Crippen molar-refractivity contribution in [3.63, 3.8) is 0 Å². The van der Waals surface area contributed by atoms with Crippen LogP contribution in [0.2, 0.25) is 5.02 Å². The number of hydrogen-bond acceptors (Lipinski definition) is 6. The maximum atomic E-state index is 13.2. The second kappa shape index (κ2) is 12.7. The first kappa shape index (κ1) is 28.7. The summed E-state index contributed by atoms with van der Waals surface area (Å²) in [6.45, 7) is 6.67. The highest BCUT2D eigenvalue weighted by atomic mass is 35.5. The number of benzene rings is 3. The lowest BCUT2D eigenvalue weighted by atomic mass is 9.99. The molecule has 1 fully saturated rings. The topological polar surface area (TPSA) is 94.2 Å². The van der Waals surface area contributed by atoms with Crippen LogP contribution in [0.1, 0.15) is 42.9 Å². The third kappa shape index (κ3) is 6.46. The number of anilines is 1. The Bertz CT molecular complexity index is 1450. The summed E-state index contributed by atoms with van der Waals surface area (Å²) in [6, 6.07) is 17.2. The van der Waals surface area contributed by atoms with E-state index in [1.54, 1.807) is 30.3 Å². The fourth-order valence-electron chi connectivity index (χ4n) is 4.22. The Balaban J connectivity index is 1.47. The van der Waals surface area contributed by atoms with Gasteiger partial charge < -0.3 is 14.2 Å². The number of aryl methyl sites for hydroxylation is 1. The van der Waals surface area contributed by atoms with E-state index in [4.69, 9.17) is 25.8 Å². The van der Waals surface area contributed by atoms with Crippen molar-refractivity contribution in [1.82, 2.24) is 5.32 Å². The number of halogens is 1. The molecule has 0 spiro atoms. The molecule has 0 aliphatic carbocycles. The summed E-state index contributed by atoms with van der Waals surface area (Å²) in [5, 5.41) is 2.44. The molecule has 3 aromatic rings. The molecule has 0 aromatic heterocycles. The van der Waals surface area contributed by atoms with Crippen molar-refractivity contribution in [2.24, 2.45) is 0 Å². The number of amides is 4. The van der Waals surface area contributed by atoms with Gasteiger partial charge in [0.2, 0.25) is 0 Å². The van der Waals surface area contributed by atoms with Crippen molar-refractivity contribution < 1.29 is 28.6 Å². The van der Waals surface area contributed by atoms with Crippen molar-refractivity contribution in [2.75, 3.05) is 25.2 Å². The molecule has 0 radical (unpaired) electrons. The van der Waals surface area contributed by atoms with Crippen molar-refractivity contribution in [3.8, 4) is 17.2 Å². The molecule has 1 saturated heterocycles. The standard InChI is InChI=1S/C31H31ClN2O6/c1-5-20(3)22-9-11-24(12-10-22)39-13-14-40-28-26(32)17-21(18-27(28)38-4)16-25-29(35)33-31(37)34(30(25)36)23-8-6-7-19(2)15-23/h6-12,15-18,20H,5,13-14H2,1-4H3,(H,33,35,37)/b25-16-/t20-/m0/s1. The molecule has 0 saturated carbocycles. The van der Waals surface area contributed by atoms with Crippen LogP contribution in [0.3, 0.4) is 0 Å². The fourth-order valence-corrected chi connectivity index (χ4v) is 4.49. The lowest BCUT2D eigenvalue weighted by molar-refractivity contribution is -0.122. The lowest BCUT2D eigenvalue weighted by Crippen LogP contribution is -2.54. The molecular weight excluding hydrogens is 532 g/mol. The van der Waals surface area contributed by atoms with E-state index in [1.807, 2.05) is 25.1 Å². The van der Waals surface area contributed by atoms with Crippen LogP contribution in [0.4, 0.5) is 10.5 Å². The summed E-state index contributed by atoms with van der Waals surface area (Å²) in [4.78, 5) is 39.2. The van der Waals surface area contributed by atoms with Crippen LogP contribution in [-0.2, 0) is 9.59 Å². The molecule has 40 heavy (non-hydrogen) atoms. The third-order valence-electron chi connectivity index (χ3n) is 6.58. The number of carbonyl (C=O) groups excluding carboxylic acids is 3. The molecule has 0 unspecified atom stereocenters. The van der Waals surface area contributed by atoms with Crippen molar-refractivity contribution >= 4 is 41.2 Å². The Morgan fingerprint density at radius 3 is 2.40 bits per heavy atom. The van der Waals surface area contributed by atoms with Crippen LogP contribution in [0.15, 0.2) is 66.2 Å². The number of nitrogens with one attached hydrogen (secondary N) is 1. The van der Waals surface area contributed by atoms with E-state index in [1.165, 1.54) is 18.7 Å². The molecule has 1 aliphatic heterocycles. The highest BCUT2D eigenvalue weighted by Crippen LogP contribution is 2.37. The number of rotatable bonds is 10. The Morgan fingerprint density at radius 2 is 1.73 bits per heavy atom. The Kier molecular flexibility index (Phi) is 9.11. The molecule has 1 N–H and O–H groups in total. The number of urea groups is 1. The zero-order chi connectivity index (χ0) is 28.8. The largest absolute Gasteiger partial charge is 0.493 e. The van der Waals surface area contributed by atoms with Crippen LogP contribution >= 0.6 is 11.6 Å². The van der Waals surface area contributed by atoms with Gasteiger partial charge >= 0.3 is 6.03 Å². The summed E-state index contributed by atoms with van der Waals surface area (Å²) in [5.41, 5.74) is 2.68. The first-order chi connectivity index (χ1) is 19.2. The first-order valence-corrected chi connectivity index (χ1v) is 13.3. The van der Waals surface area contributed by atoms with Gasteiger partial charge in [-0.2, -0.15) is 0 Å². The number of carbonyl (C=O) groups is 3. The predicted octanol–water partition coefficient (Wildman–Crippen LogP) is 6.29. The maximum Gasteiger partial charge on any atom is 0.335 e. The molecule has 9 heteroatoms. The van der Waals surface area contributed by atoms with Crippen LogP contribution < -0.4 is 24.4 Å². The second-order valence-corrected chi connectivity index (χ2v) is 9.81. The van der Waals surface area contributed by atoms with Gasteiger partial charge in [0.1, 0.15) is 24.5 Å². The summed E-state index contributed by atoms with van der Waals surface area (Å²) in [6.07, 6.45) is 2.43.